The van der Waals surface area contributed by atoms with Crippen molar-refractivity contribution in [2.45, 2.75) is 30.6 Å². The van der Waals surface area contributed by atoms with Gasteiger partial charge in [0.25, 0.3) is 5.56 Å². The molecule has 3 aromatic rings. The molecule has 1 N–H and O–H groups in total. The van der Waals surface area contributed by atoms with Gasteiger partial charge in [0.2, 0.25) is 5.91 Å². The third kappa shape index (κ3) is 5.03. The minimum Gasteiger partial charge on any atom is -0.376 e. The summed E-state index contributed by atoms with van der Waals surface area (Å²) in [7, 11) is 0. The predicted octanol–water partition coefficient (Wildman–Crippen LogP) is 3.49. The number of nitrogens with one attached hydrogen (secondary N) is 1. The number of amides is 1. The highest BCUT2D eigenvalue weighted by Gasteiger charge is 2.17. The van der Waals surface area contributed by atoms with Gasteiger partial charge in [0.1, 0.15) is 0 Å². The number of para-hydroxylation sites is 1. The number of thioether (sulfide) groups is 1. The van der Waals surface area contributed by atoms with Crippen LogP contribution in [0.1, 0.15) is 18.4 Å². The zero-order chi connectivity index (χ0) is 20.9. The molecule has 1 aromatic heterocycles. The van der Waals surface area contributed by atoms with Crippen molar-refractivity contribution in [3.63, 3.8) is 0 Å². The summed E-state index contributed by atoms with van der Waals surface area (Å²) in [6, 6.07) is 14.6. The third-order valence-corrected chi connectivity index (χ3v) is 6.19. The molecule has 4 rings (SSSR count). The summed E-state index contributed by atoms with van der Waals surface area (Å²) in [4.78, 5) is 30.1. The van der Waals surface area contributed by atoms with E-state index in [0.29, 0.717) is 34.2 Å². The van der Waals surface area contributed by atoms with Crippen LogP contribution in [-0.4, -0.2) is 40.5 Å². The van der Waals surface area contributed by atoms with Crippen LogP contribution in [0.5, 0.6) is 0 Å². The average molecular weight is 444 g/mol. The largest absolute Gasteiger partial charge is 0.376 e. The van der Waals surface area contributed by atoms with Crippen LogP contribution >= 0.6 is 23.4 Å². The average Bonchev–Trinajstić information content (AvgIpc) is 3.28. The summed E-state index contributed by atoms with van der Waals surface area (Å²) in [5.41, 5.74) is 1.43. The van der Waals surface area contributed by atoms with E-state index in [4.69, 9.17) is 16.3 Å². The molecule has 2 aromatic carbocycles. The van der Waals surface area contributed by atoms with Crippen LogP contribution in [0, 0.1) is 0 Å². The maximum absolute atomic E-state index is 13.1. The van der Waals surface area contributed by atoms with Crippen LogP contribution in [-0.2, 0) is 16.1 Å². The second-order valence-electron chi connectivity index (χ2n) is 7.16. The van der Waals surface area contributed by atoms with Gasteiger partial charge in [-0.25, -0.2) is 4.98 Å². The van der Waals surface area contributed by atoms with Gasteiger partial charge in [-0.15, -0.1) is 0 Å². The minimum absolute atomic E-state index is 0.0980. The standard InChI is InChI=1S/C22H22ClN3O3S/c23-16-9-7-15(8-10-16)13-26-21(28)18-5-1-2-6-19(18)25-22(26)30-14-20(27)24-12-17-4-3-11-29-17/h1-2,5-10,17H,3-4,11-14H2,(H,24,27)/t17-/m0/s1. The second-order valence-corrected chi connectivity index (χ2v) is 8.54. The first kappa shape index (κ1) is 20.9. The van der Waals surface area contributed by atoms with Crippen LogP contribution < -0.4 is 10.9 Å². The van der Waals surface area contributed by atoms with Gasteiger partial charge >= 0.3 is 0 Å². The van der Waals surface area contributed by atoms with Gasteiger partial charge < -0.3 is 10.1 Å². The first-order valence-corrected chi connectivity index (χ1v) is 11.2. The van der Waals surface area contributed by atoms with Gasteiger partial charge in [-0.1, -0.05) is 47.6 Å². The molecule has 0 aliphatic carbocycles. The lowest BCUT2D eigenvalue weighted by Crippen LogP contribution is -2.33. The number of hydrogen-bond donors (Lipinski definition) is 1. The molecule has 1 atom stereocenters. The molecule has 156 valence electrons. The normalized spacial score (nSPS) is 16.1. The molecule has 0 saturated carbocycles. The summed E-state index contributed by atoms with van der Waals surface area (Å²) < 4.78 is 7.15. The lowest BCUT2D eigenvalue weighted by molar-refractivity contribution is -0.119. The van der Waals surface area contributed by atoms with E-state index in [1.54, 1.807) is 22.8 Å². The Kier molecular flexibility index (Phi) is 6.72. The van der Waals surface area contributed by atoms with E-state index < -0.39 is 0 Å². The first-order valence-electron chi connectivity index (χ1n) is 9.85. The number of aromatic nitrogens is 2. The van der Waals surface area contributed by atoms with E-state index >= 15 is 0 Å². The van der Waals surface area contributed by atoms with E-state index in [0.717, 1.165) is 25.0 Å². The number of halogens is 1. The van der Waals surface area contributed by atoms with Crippen LogP contribution in [0.15, 0.2) is 58.5 Å². The van der Waals surface area contributed by atoms with E-state index in [1.165, 1.54) is 11.8 Å². The van der Waals surface area contributed by atoms with Crippen molar-refractivity contribution in [2.24, 2.45) is 0 Å². The molecule has 6 nitrogen and oxygen atoms in total. The molecule has 30 heavy (non-hydrogen) atoms. The van der Waals surface area contributed by atoms with Crippen molar-refractivity contribution < 1.29 is 9.53 Å². The number of carbonyl (C=O) groups is 1. The number of ether oxygens (including phenoxy) is 1. The first-order chi connectivity index (χ1) is 14.6. The lowest BCUT2D eigenvalue weighted by Gasteiger charge is -2.14. The topological polar surface area (TPSA) is 73.2 Å². The van der Waals surface area contributed by atoms with Gasteiger partial charge in [0, 0.05) is 18.2 Å². The lowest BCUT2D eigenvalue weighted by atomic mass is 10.2. The number of carbonyl (C=O) groups excluding carboxylic acids is 1. The van der Waals surface area contributed by atoms with E-state index in [9.17, 15) is 9.59 Å². The van der Waals surface area contributed by atoms with Crippen LogP contribution in [0.25, 0.3) is 10.9 Å². The van der Waals surface area contributed by atoms with Crippen LogP contribution in [0.4, 0.5) is 0 Å². The molecular weight excluding hydrogens is 422 g/mol. The molecular formula is C22H22ClN3O3S. The Morgan fingerprint density at radius 2 is 2.03 bits per heavy atom. The van der Waals surface area contributed by atoms with Crippen molar-refractivity contribution in [1.82, 2.24) is 14.9 Å². The number of rotatable bonds is 7. The Morgan fingerprint density at radius 1 is 1.23 bits per heavy atom. The molecule has 1 saturated heterocycles. The van der Waals surface area contributed by atoms with Gasteiger partial charge in [0.05, 0.1) is 29.3 Å². The summed E-state index contributed by atoms with van der Waals surface area (Å²) in [6.45, 7) is 1.63. The summed E-state index contributed by atoms with van der Waals surface area (Å²) in [6.07, 6.45) is 2.11. The fourth-order valence-electron chi connectivity index (χ4n) is 3.38. The third-order valence-electron chi connectivity index (χ3n) is 4.96. The summed E-state index contributed by atoms with van der Waals surface area (Å²) in [5, 5.41) is 4.62. The van der Waals surface area contributed by atoms with Gasteiger partial charge in [-0.2, -0.15) is 0 Å². The highest BCUT2D eigenvalue weighted by atomic mass is 35.5. The molecule has 8 heteroatoms. The van der Waals surface area contributed by atoms with Gasteiger partial charge in [-0.05, 0) is 42.7 Å². The molecule has 0 unspecified atom stereocenters. The summed E-state index contributed by atoms with van der Waals surface area (Å²) >= 11 is 7.24. The van der Waals surface area contributed by atoms with Gasteiger partial charge in [-0.3, -0.25) is 14.2 Å². The zero-order valence-electron chi connectivity index (χ0n) is 16.3. The monoisotopic (exact) mass is 443 g/mol. The molecule has 1 aliphatic heterocycles. The Bertz CT molecular complexity index is 1090. The fourth-order valence-corrected chi connectivity index (χ4v) is 4.34. The quantitative estimate of drug-likeness (QED) is 0.447. The SMILES string of the molecule is O=C(CSc1nc2ccccc2c(=O)n1Cc1ccc(Cl)cc1)NC[C@@H]1CCCO1. The Hall–Kier alpha value is -2.35. The van der Waals surface area contributed by atoms with Crippen molar-refractivity contribution in [1.29, 1.82) is 0 Å². The Balaban J connectivity index is 1.54. The smallest absolute Gasteiger partial charge is 0.262 e. The predicted molar refractivity (Wildman–Crippen MR) is 119 cm³/mol. The maximum atomic E-state index is 13.1. The molecule has 0 spiro atoms. The molecule has 2 heterocycles. The van der Waals surface area contributed by atoms with E-state index in [-0.39, 0.29) is 23.3 Å². The van der Waals surface area contributed by atoms with Gasteiger partial charge in [0.15, 0.2) is 5.16 Å². The van der Waals surface area contributed by atoms with Crippen LogP contribution in [0.2, 0.25) is 5.02 Å². The van der Waals surface area contributed by atoms with Crippen LogP contribution in [0.3, 0.4) is 0 Å². The highest BCUT2D eigenvalue weighted by Crippen LogP contribution is 2.20. The van der Waals surface area contributed by atoms with Crippen molar-refractivity contribution in [2.75, 3.05) is 18.9 Å². The number of benzene rings is 2. The summed E-state index contributed by atoms with van der Waals surface area (Å²) in [5.74, 6) is 0.0777. The molecule has 1 fully saturated rings. The molecule has 0 radical (unpaired) electrons. The highest BCUT2D eigenvalue weighted by molar-refractivity contribution is 7.99. The molecule has 1 aliphatic rings. The fraction of sp³-hybridized carbons (Fsp3) is 0.318. The number of fused-ring (bicyclic) bond motifs is 1. The second kappa shape index (κ2) is 9.64. The Labute approximate surface area is 183 Å². The zero-order valence-corrected chi connectivity index (χ0v) is 17.9. The molecule has 1 amide bonds. The number of nitrogens with zero attached hydrogens (tertiary/aromatic N) is 2. The van der Waals surface area contributed by atoms with Crippen molar-refractivity contribution >= 4 is 40.2 Å². The molecule has 0 bridgehead atoms. The Morgan fingerprint density at radius 3 is 2.80 bits per heavy atom. The van der Waals surface area contributed by atoms with Crippen molar-refractivity contribution in [3.8, 4) is 0 Å². The number of hydrogen-bond acceptors (Lipinski definition) is 5. The van der Waals surface area contributed by atoms with Crippen molar-refractivity contribution in [3.05, 3.63) is 69.5 Å². The maximum Gasteiger partial charge on any atom is 0.262 e. The minimum atomic E-state index is -0.127. The van der Waals surface area contributed by atoms with E-state index in [1.807, 2.05) is 30.3 Å². The van der Waals surface area contributed by atoms with E-state index in [2.05, 4.69) is 10.3 Å².